The van der Waals surface area contributed by atoms with Crippen LogP contribution in [-0.4, -0.2) is 11.8 Å². The average molecular weight is 310 g/mol. The Morgan fingerprint density at radius 2 is 2.00 bits per heavy atom. The van der Waals surface area contributed by atoms with Crippen LogP contribution >= 0.6 is 23.4 Å². The number of rotatable bonds is 5. The molecule has 0 saturated heterocycles. The van der Waals surface area contributed by atoms with E-state index >= 15 is 0 Å². The largest absolute Gasteiger partial charge is 0.327 e. The van der Waals surface area contributed by atoms with Gasteiger partial charge in [-0.25, -0.2) is 4.39 Å². The summed E-state index contributed by atoms with van der Waals surface area (Å²) in [5.74, 6) is 0.486. The van der Waals surface area contributed by atoms with Gasteiger partial charge in [-0.05, 0) is 42.7 Å². The Labute approximate surface area is 128 Å². The van der Waals surface area contributed by atoms with Crippen molar-refractivity contribution in [2.75, 3.05) is 5.75 Å². The maximum Gasteiger partial charge on any atom is 0.124 e. The summed E-state index contributed by atoms with van der Waals surface area (Å²) in [4.78, 5) is 1.24. The van der Waals surface area contributed by atoms with E-state index in [4.69, 9.17) is 17.3 Å². The highest BCUT2D eigenvalue weighted by atomic mass is 35.5. The van der Waals surface area contributed by atoms with E-state index in [-0.39, 0.29) is 11.9 Å². The number of benzene rings is 2. The molecule has 2 aromatic carbocycles. The topological polar surface area (TPSA) is 26.0 Å². The summed E-state index contributed by atoms with van der Waals surface area (Å²) in [7, 11) is 0. The molecule has 0 aromatic heterocycles. The highest BCUT2D eigenvalue weighted by Crippen LogP contribution is 2.24. The molecule has 106 valence electrons. The van der Waals surface area contributed by atoms with Gasteiger partial charge in [0.15, 0.2) is 0 Å². The van der Waals surface area contributed by atoms with Crippen LogP contribution in [0.2, 0.25) is 5.02 Å². The van der Waals surface area contributed by atoms with E-state index in [2.05, 4.69) is 19.1 Å². The summed E-state index contributed by atoms with van der Waals surface area (Å²) in [6.45, 7) is 2.09. The second-order valence-corrected chi connectivity index (χ2v) is 6.25. The van der Waals surface area contributed by atoms with Crippen LogP contribution in [0.3, 0.4) is 0 Å². The van der Waals surface area contributed by atoms with Crippen LogP contribution in [0.5, 0.6) is 0 Å². The third kappa shape index (κ3) is 4.23. The van der Waals surface area contributed by atoms with Gasteiger partial charge in [0.1, 0.15) is 5.82 Å². The van der Waals surface area contributed by atoms with E-state index in [1.807, 2.05) is 12.1 Å². The van der Waals surface area contributed by atoms with E-state index in [0.29, 0.717) is 11.4 Å². The molecule has 0 bridgehead atoms. The third-order valence-electron chi connectivity index (χ3n) is 3.04. The van der Waals surface area contributed by atoms with E-state index in [1.165, 1.54) is 22.6 Å². The number of hydrogen-bond acceptors (Lipinski definition) is 2. The Kier molecular flexibility index (Phi) is 5.46. The Morgan fingerprint density at radius 3 is 2.70 bits per heavy atom. The summed E-state index contributed by atoms with van der Waals surface area (Å²) in [6, 6.07) is 12.7. The highest BCUT2D eigenvalue weighted by molar-refractivity contribution is 7.99. The van der Waals surface area contributed by atoms with Crippen molar-refractivity contribution in [3.8, 4) is 0 Å². The molecule has 2 N–H and O–H groups in total. The summed E-state index contributed by atoms with van der Waals surface area (Å²) < 4.78 is 13.0. The van der Waals surface area contributed by atoms with Crippen LogP contribution in [0.1, 0.15) is 11.1 Å². The molecule has 0 aliphatic carbocycles. The lowest BCUT2D eigenvalue weighted by molar-refractivity contribution is 0.626. The zero-order valence-corrected chi connectivity index (χ0v) is 12.8. The van der Waals surface area contributed by atoms with Crippen LogP contribution in [0.4, 0.5) is 4.39 Å². The Balaban J connectivity index is 1.92. The molecule has 0 radical (unpaired) electrons. The Morgan fingerprint density at radius 1 is 1.25 bits per heavy atom. The first-order valence-electron chi connectivity index (χ1n) is 6.44. The monoisotopic (exact) mass is 309 g/mol. The third-order valence-corrected chi connectivity index (χ3v) is 4.76. The van der Waals surface area contributed by atoms with Crippen molar-refractivity contribution < 1.29 is 4.39 Å². The smallest absolute Gasteiger partial charge is 0.124 e. The molecule has 0 spiro atoms. The number of thioether (sulfide) groups is 1. The molecule has 0 fully saturated rings. The van der Waals surface area contributed by atoms with Gasteiger partial charge in [-0.3, -0.25) is 0 Å². The SMILES string of the molecule is Cc1ccccc1SCC(N)Cc1ccc(F)cc1Cl. The minimum Gasteiger partial charge on any atom is -0.327 e. The molecule has 1 unspecified atom stereocenters. The molecule has 1 nitrogen and oxygen atoms in total. The Hall–Kier alpha value is -1.03. The summed E-state index contributed by atoms with van der Waals surface area (Å²) in [5, 5.41) is 0.446. The van der Waals surface area contributed by atoms with Crippen molar-refractivity contribution >= 4 is 23.4 Å². The van der Waals surface area contributed by atoms with Gasteiger partial charge in [0, 0.05) is 21.7 Å². The second-order valence-electron chi connectivity index (χ2n) is 4.78. The van der Waals surface area contributed by atoms with E-state index in [0.717, 1.165) is 11.3 Å². The second kappa shape index (κ2) is 7.11. The molecule has 20 heavy (non-hydrogen) atoms. The normalized spacial score (nSPS) is 12.4. The number of halogens is 2. The Bertz CT molecular complexity index is 588. The fourth-order valence-corrected chi connectivity index (χ4v) is 3.17. The molecule has 0 amide bonds. The van der Waals surface area contributed by atoms with Crippen LogP contribution in [0.15, 0.2) is 47.4 Å². The molecular weight excluding hydrogens is 293 g/mol. The fraction of sp³-hybridized carbons (Fsp3) is 0.250. The maximum atomic E-state index is 13.0. The average Bonchev–Trinajstić information content (AvgIpc) is 2.41. The standard InChI is InChI=1S/C16H17ClFNS/c1-11-4-2-3-5-16(11)20-10-14(19)8-12-6-7-13(18)9-15(12)17/h2-7,9,14H,8,10,19H2,1H3. The number of nitrogens with two attached hydrogens (primary N) is 1. The lowest BCUT2D eigenvalue weighted by Gasteiger charge is -2.13. The molecule has 1 atom stereocenters. The van der Waals surface area contributed by atoms with E-state index in [9.17, 15) is 4.39 Å². The summed E-state index contributed by atoms with van der Waals surface area (Å²) in [5.41, 5.74) is 8.29. The zero-order valence-electron chi connectivity index (χ0n) is 11.3. The van der Waals surface area contributed by atoms with Crippen LogP contribution < -0.4 is 5.73 Å². The van der Waals surface area contributed by atoms with Gasteiger partial charge in [-0.1, -0.05) is 35.9 Å². The lowest BCUT2D eigenvalue weighted by Crippen LogP contribution is -2.25. The van der Waals surface area contributed by atoms with Crippen LogP contribution in [-0.2, 0) is 6.42 Å². The van der Waals surface area contributed by atoms with Gasteiger partial charge in [-0.15, -0.1) is 11.8 Å². The first kappa shape index (κ1) is 15.4. The first-order chi connectivity index (χ1) is 9.56. The molecule has 2 aromatic rings. The quantitative estimate of drug-likeness (QED) is 0.826. The summed E-state index contributed by atoms with van der Waals surface area (Å²) >= 11 is 7.75. The molecule has 0 aliphatic heterocycles. The predicted octanol–water partition coefficient (Wildman–Crippen LogP) is 4.45. The van der Waals surface area contributed by atoms with Gasteiger partial charge < -0.3 is 5.73 Å². The van der Waals surface area contributed by atoms with Gasteiger partial charge in [0.05, 0.1) is 0 Å². The van der Waals surface area contributed by atoms with Gasteiger partial charge in [-0.2, -0.15) is 0 Å². The van der Waals surface area contributed by atoms with Crippen molar-refractivity contribution in [2.45, 2.75) is 24.3 Å². The molecular formula is C16H17ClFNS. The zero-order chi connectivity index (χ0) is 14.5. The molecule has 4 heteroatoms. The van der Waals surface area contributed by atoms with Crippen molar-refractivity contribution in [1.29, 1.82) is 0 Å². The van der Waals surface area contributed by atoms with Crippen molar-refractivity contribution in [2.24, 2.45) is 5.73 Å². The van der Waals surface area contributed by atoms with Crippen molar-refractivity contribution in [3.05, 3.63) is 64.4 Å². The number of aryl methyl sites for hydroxylation is 1. The highest BCUT2D eigenvalue weighted by Gasteiger charge is 2.09. The maximum absolute atomic E-state index is 13.0. The van der Waals surface area contributed by atoms with Gasteiger partial charge in [0.25, 0.3) is 0 Å². The van der Waals surface area contributed by atoms with Crippen molar-refractivity contribution in [1.82, 2.24) is 0 Å². The van der Waals surface area contributed by atoms with E-state index in [1.54, 1.807) is 17.8 Å². The van der Waals surface area contributed by atoms with Crippen LogP contribution in [0, 0.1) is 12.7 Å². The predicted molar refractivity (Wildman–Crippen MR) is 85.0 cm³/mol. The number of hydrogen-bond donors (Lipinski definition) is 1. The van der Waals surface area contributed by atoms with Gasteiger partial charge >= 0.3 is 0 Å². The van der Waals surface area contributed by atoms with Gasteiger partial charge in [0.2, 0.25) is 0 Å². The first-order valence-corrected chi connectivity index (χ1v) is 7.80. The van der Waals surface area contributed by atoms with Crippen LogP contribution in [0.25, 0.3) is 0 Å². The molecule has 0 aliphatic rings. The fourth-order valence-electron chi connectivity index (χ4n) is 1.94. The minimum atomic E-state index is -0.318. The van der Waals surface area contributed by atoms with Crippen molar-refractivity contribution in [3.63, 3.8) is 0 Å². The molecule has 0 heterocycles. The molecule has 2 rings (SSSR count). The summed E-state index contributed by atoms with van der Waals surface area (Å²) in [6.07, 6.45) is 0.651. The minimum absolute atomic E-state index is 0.0115. The molecule has 0 saturated carbocycles. The van der Waals surface area contributed by atoms with E-state index < -0.39 is 0 Å². The lowest BCUT2D eigenvalue weighted by atomic mass is 10.1.